The van der Waals surface area contributed by atoms with Crippen LogP contribution in [0.25, 0.3) is 0 Å². The summed E-state index contributed by atoms with van der Waals surface area (Å²) >= 11 is 2.18. The second-order valence-corrected chi connectivity index (χ2v) is 6.56. The van der Waals surface area contributed by atoms with Gasteiger partial charge in [-0.1, -0.05) is 13.8 Å². The zero-order chi connectivity index (χ0) is 15.1. The van der Waals surface area contributed by atoms with Gasteiger partial charge < -0.3 is 10.4 Å². The van der Waals surface area contributed by atoms with Crippen molar-refractivity contribution in [2.75, 3.05) is 6.54 Å². The number of carbonyl (C=O) groups is 2. The van der Waals surface area contributed by atoms with Crippen molar-refractivity contribution in [1.29, 1.82) is 0 Å². The number of benzene rings is 1. The van der Waals surface area contributed by atoms with Crippen LogP contribution in [-0.2, 0) is 4.79 Å². The van der Waals surface area contributed by atoms with E-state index in [9.17, 15) is 9.59 Å². The highest BCUT2D eigenvalue weighted by atomic mass is 127. The Morgan fingerprint density at radius 1 is 1.25 bits per heavy atom. The first-order valence-corrected chi connectivity index (χ1v) is 7.72. The second-order valence-electron chi connectivity index (χ2n) is 5.31. The van der Waals surface area contributed by atoms with Crippen LogP contribution in [0.1, 0.15) is 37.0 Å². The van der Waals surface area contributed by atoms with Crippen LogP contribution in [0.5, 0.6) is 0 Å². The van der Waals surface area contributed by atoms with Crippen LogP contribution < -0.4 is 5.32 Å². The molecule has 1 aromatic rings. The van der Waals surface area contributed by atoms with Crippen molar-refractivity contribution in [2.45, 2.75) is 26.7 Å². The molecule has 0 saturated carbocycles. The summed E-state index contributed by atoms with van der Waals surface area (Å²) in [6.07, 6.45) is 0.879. The smallest absolute Gasteiger partial charge is 0.303 e. The molecule has 0 spiro atoms. The van der Waals surface area contributed by atoms with E-state index in [4.69, 9.17) is 5.11 Å². The molecule has 1 aromatic carbocycles. The Kier molecular flexibility index (Phi) is 6.98. The summed E-state index contributed by atoms with van der Waals surface area (Å²) in [5, 5.41) is 11.7. The van der Waals surface area contributed by atoms with Crippen molar-refractivity contribution < 1.29 is 14.7 Å². The third-order valence-corrected chi connectivity index (χ3v) is 3.64. The Bertz CT molecular complexity index is 457. The predicted octanol–water partition coefficient (Wildman–Crippen LogP) is 3.16. The number of amides is 1. The monoisotopic (exact) mass is 389 g/mol. The molecule has 1 amide bonds. The van der Waals surface area contributed by atoms with Gasteiger partial charge in [0.2, 0.25) is 0 Å². The first-order valence-electron chi connectivity index (χ1n) is 6.64. The van der Waals surface area contributed by atoms with E-state index in [1.165, 1.54) is 0 Å². The molecule has 20 heavy (non-hydrogen) atoms. The Morgan fingerprint density at radius 3 is 2.35 bits per heavy atom. The highest BCUT2D eigenvalue weighted by molar-refractivity contribution is 14.1. The number of rotatable bonds is 7. The minimum atomic E-state index is -0.820. The fourth-order valence-electron chi connectivity index (χ4n) is 2.09. The fourth-order valence-corrected chi connectivity index (χ4v) is 2.45. The van der Waals surface area contributed by atoms with Crippen LogP contribution in [0.2, 0.25) is 0 Å². The molecule has 5 heteroatoms. The topological polar surface area (TPSA) is 66.4 Å². The lowest BCUT2D eigenvalue weighted by Gasteiger charge is -2.17. The van der Waals surface area contributed by atoms with Gasteiger partial charge in [-0.2, -0.15) is 0 Å². The number of carbonyl (C=O) groups excluding carboxylic acids is 1. The van der Waals surface area contributed by atoms with Gasteiger partial charge in [0.05, 0.1) is 0 Å². The lowest BCUT2D eigenvalue weighted by molar-refractivity contribution is -0.138. The molecule has 0 heterocycles. The highest BCUT2D eigenvalue weighted by Gasteiger charge is 2.16. The van der Waals surface area contributed by atoms with Gasteiger partial charge >= 0.3 is 5.97 Å². The largest absolute Gasteiger partial charge is 0.481 e. The van der Waals surface area contributed by atoms with E-state index in [1.54, 1.807) is 12.1 Å². The van der Waals surface area contributed by atoms with E-state index in [1.807, 2.05) is 12.1 Å². The van der Waals surface area contributed by atoms with Crippen LogP contribution in [0.4, 0.5) is 0 Å². The van der Waals surface area contributed by atoms with E-state index >= 15 is 0 Å². The van der Waals surface area contributed by atoms with Crippen LogP contribution in [-0.4, -0.2) is 23.5 Å². The molecular formula is C15H20INO3. The zero-order valence-corrected chi connectivity index (χ0v) is 13.9. The molecule has 0 aliphatic heterocycles. The minimum Gasteiger partial charge on any atom is -0.481 e. The molecule has 1 atom stereocenters. The summed E-state index contributed by atoms with van der Waals surface area (Å²) in [5.74, 6) is -0.588. The van der Waals surface area contributed by atoms with E-state index in [-0.39, 0.29) is 18.2 Å². The second kappa shape index (κ2) is 8.24. The summed E-state index contributed by atoms with van der Waals surface area (Å²) in [6, 6.07) is 7.29. The quantitative estimate of drug-likeness (QED) is 0.705. The SMILES string of the molecule is CC(C)CC(CNC(=O)c1ccc(I)cc1)CC(=O)O. The maximum absolute atomic E-state index is 12.0. The van der Waals surface area contributed by atoms with Crippen molar-refractivity contribution in [3.05, 3.63) is 33.4 Å². The Balaban J connectivity index is 2.55. The molecule has 1 rings (SSSR count). The summed E-state index contributed by atoms with van der Waals surface area (Å²) < 4.78 is 1.07. The molecule has 0 radical (unpaired) electrons. The average Bonchev–Trinajstić information content (AvgIpc) is 2.35. The Labute approximate surface area is 133 Å². The normalized spacial score (nSPS) is 12.2. The van der Waals surface area contributed by atoms with E-state index < -0.39 is 5.97 Å². The number of halogens is 1. The van der Waals surface area contributed by atoms with Crippen molar-refractivity contribution in [1.82, 2.24) is 5.32 Å². The summed E-state index contributed by atoms with van der Waals surface area (Å²) in [6.45, 7) is 4.50. The molecule has 0 aliphatic carbocycles. The number of aliphatic carboxylic acids is 1. The summed E-state index contributed by atoms with van der Waals surface area (Å²) in [4.78, 5) is 22.8. The number of carboxylic acids is 1. The van der Waals surface area contributed by atoms with Gasteiger partial charge in [0.1, 0.15) is 0 Å². The van der Waals surface area contributed by atoms with Crippen LogP contribution >= 0.6 is 22.6 Å². The van der Waals surface area contributed by atoms with Crippen molar-refractivity contribution in [2.24, 2.45) is 11.8 Å². The van der Waals surface area contributed by atoms with Crippen molar-refractivity contribution >= 4 is 34.5 Å². The molecule has 4 nitrogen and oxygen atoms in total. The minimum absolute atomic E-state index is 0.0275. The van der Waals surface area contributed by atoms with Crippen molar-refractivity contribution in [3.8, 4) is 0 Å². The van der Waals surface area contributed by atoms with Gasteiger partial charge in [0.25, 0.3) is 5.91 Å². The molecule has 0 aromatic heterocycles. The van der Waals surface area contributed by atoms with E-state index in [0.29, 0.717) is 18.0 Å². The van der Waals surface area contributed by atoms with Gasteiger partial charge in [0.15, 0.2) is 0 Å². The standard InChI is InChI=1S/C15H20INO3/c1-10(2)7-11(8-14(18)19)9-17-15(20)12-3-5-13(16)6-4-12/h3-6,10-11H,7-9H2,1-2H3,(H,17,20)(H,18,19). The average molecular weight is 389 g/mol. The highest BCUT2D eigenvalue weighted by Crippen LogP contribution is 2.15. The predicted molar refractivity (Wildman–Crippen MR) is 86.7 cm³/mol. The molecule has 0 aliphatic rings. The Hall–Kier alpha value is -1.11. The van der Waals surface area contributed by atoms with Gasteiger partial charge in [-0.15, -0.1) is 0 Å². The number of hydrogen-bond acceptors (Lipinski definition) is 2. The fraction of sp³-hybridized carbons (Fsp3) is 0.467. The van der Waals surface area contributed by atoms with Gasteiger partial charge in [-0.25, -0.2) is 0 Å². The first kappa shape index (κ1) is 16.9. The maximum Gasteiger partial charge on any atom is 0.303 e. The zero-order valence-electron chi connectivity index (χ0n) is 11.7. The summed E-state index contributed by atoms with van der Waals surface area (Å²) in [5.41, 5.74) is 0.601. The van der Waals surface area contributed by atoms with Crippen LogP contribution in [0, 0.1) is 15.4 Å². The van der Waals surface area contributed by atoms with Crippen LogP contribution in [0.15, 0.2) is 24.3 Å². The van der Waals surface area contributed by atoms with Crippen molar-refractivity contribution in [3.63, 3.8) is 0 Å². The third-order valence-electron chi connectivity index (χ3n) is 2.93. The van der Waals surface area contributed by atoms with Gasteiger partial charge in [-0.3, -0.25) is 9.59 Å². The molecule has 110 valence electrons. The lowest BCUT2D eigenvalue weighted by atomic mass is 9.94. The Morgan fingerprint density at radius 2 is 1.85 bits per heavy atom. The molecule has 0 saturated heterocycles. The molecule has 0 bridgehead atoms. The molecule has 1 unspecified atom stereocenters. The summed E-state index contributed by atoms with van der Waals surface area (Å²) in [7, 11) is 0. The van der Waals surface area contributed by atoms with E-state index in [0.717, 1.165) is 9.99 Å². The van der Waals surface area contributed by atoms with Gasteiger partial charge in [0, 0.05) is 22.1 Å². The number of carboxylic acid groups (broad SMARTS) is 1. The lowest BCUT2D eigenvalue weighted by Crippen LogP contribution is -2.31. The van der Waals surface area contributed by atoms with Crippen LogP contribution in [0.3, 0.4) is 0 Å². The first-order chi connectivity index (χ1) is 9.38. The number of hydrogen-bond donors (Lipinski definition) is 2. The maximum atomic E-state index is 12.0. The molecular weight excluding hydrogens is 369 g/mol. The molecule has 0 fully saturated rings. The molecule has 2 N–H and O–H groups in total. The van der Waals surface area contributed by atoms with E-state index in [2.05, 4.69) is 41.8 Å². The third kappa shape index (κ3) is 6.36. The number of nitrogens with one attached hydrogen (secondary N) is 1. The van der Waals surface area contributed by atoms with Gasteiger partial charge in [-0.05, 0) is 65.1 Å².